The Morgan fingerprint density at radius 1 is 1.15 bits per heavy atom. The molecule has 4 aromatic rings. The van der Waals surface area contributed by atoms with E-state index < -0.39 is 17.7 Å². The highest BCUT2D eigenvalue weighted by atomic mass is 35.5. The number of Topliss-reactive ketones (excluding diaryl/α,β-unsaturated/α-hetero) is 1. The number of carbonyl (C=O) groups excluding carboxylic acids is 2. The van der Waals surface area contributed by atoms with Gasteiger partial charge in [-0.15, -0.1) is 11.3 Å². The number of amides is 1. The molecule has 1 N–H and O–H groups in total. The number of nitrogens with zero attached hydrogens (tertiary/aromatic N) is 2. The third kappa shape index (κ3) is 3.58. The number of benzene rings is 2. The molecule has 2 aromatic heterocycles. The van der Waals surface area contributed by atoms with Crippen LogP contribution in [0.25, 0.3) is 16.0 Å². The number of aliphatic hydroxyl groups is 1. The van der Waals surface area contributed by atoms with E-state index >= 15 is 0 Å². The van der Waals surface area contributed by atoms with E-state index in [4.69, 9.17) is 16.3 Å². The number of anilines is 1. The molecule has 0 bridgehead atoms. The maximum Gasteiger partial charge on any atom is 0.301 e. The molecule has 2 aromatic carbocycles. The Morgan fingerprint density at radius 2 is 1.94 bits per heavy atom. The topological polar surface area (TPSA) is 79.7 Å². The van der Waals surface area contributed by atoms with Gasteiger partial charge in [-0.25, -0.2) is 4.98 Å². The minimum atomic E-state index is -0.792. The van der Waals surface area contributed by atoms with Gasteiger partial charge in [0.15, 0.2) is 5.13 Å². The Kier molecular flexibility index (Phi) is 5.67. The number of aliphatic hydroxyl groups excluding tert-OH is 1. The molecule has 3 heterocycles. The van der Waals surface area contributed by atoms with Crippen molar-refractivity contribution < 1.29 is 19.4 Å². The second-order valence-electron chi connectivity index (χ2n) is 7.93. The van der Waals surface area contributed by atoms with Gasteiger partial charge < -0.3 is 9.84 Å². The summed E-state index contributed by atoms with van der Waals surface area (Å²) in [5.41, 5.74) is 2.81. The lowest BCUT2D eigenvalue weighted by atomic mass is 9.99. The van der Waals surface area contributed by atoms with Gasteiger partial charge in [0, 0.05) is 15.5 Å². The maximum atomic E-state index is 13.3. The highest BCUT2D eigenvalue weighted by molar-refractivity contribution is 7.22. The molecular formula is C25H19ClN2O4S2. The number of thiophene rings is 1. The number of ether oxygens (including phenoxy) is 1. The molecule has 1 unspecified atom stereocenters. The highest BCUT2D eigenvalue weighted by Crippen LogP contribution is 2.46. The Labute approximate surface area is 208 Å². The number of carbonyl (C=O) groups is 2. The Bertz CT molecular complexity index is 1450. The van der Waals surface area contributed by atoms with Crippen LogP contribution in [0.3, 0.4) is 0 Å². The summed E-state index contributed by atoms with van der Waals surface area (Å²) in [5.74, 6) is -1.05. The summed E-state index contributed by atoms with van der Waals surface area (Å²) in [6.45, 7) is 3.75. The van der Waals surface area contributed by atoms with Gasteiger partial charge in [0.1, 0.15) is 17.6 Å². The third-order valence-corrected chi connectivity index (χ3v) is 8.14. The van der Waals surface area contributed by atoms with Gasteiger partial charge in [0.25, 0.3) is 5.78 Å². The number of thiazole rings is 1. The van der Waals surface area contributed by atoms with Crippen molar-refractivity contribution >= 4 is 67.1 Å². The summed E-state index contributed by atoms with van der Waals surface area (Å²) in [7, 11) is 1.57. The van der Waals surface area contributed by atoms with Crippen molar-refractivity contribution in [1.82, 2.24) is 4.98 Å². The first-order valence-electron chi connectivity index (χ1n) is 10.4. The van der Waals surface area contributed by atoms with Gasteiger partial charge in [-0.05, 0) is 66.8 Å². The largest absolute Gasteiger partial charge is 0.507 e. The van der Waals surface area contributed by atoms with E-state index in [1.54, 1.807) is 31.4 Å². The van der Waals surface area contributed by atoms with E-state index in [2.05, 4.69) is 4.98 Å². The number of hydrogen-bond acceptors (Lipinski definition) is 7. The zero-order chi connectivity index (χ0) is 24.1. The fourth-order valence-corrected chi connectivity index (χ4v) is 6.12. The molecule has 34 heavy (non-hydrogen) atoms. The van der Waals surface area contributed by atoms with Crippen LogP contribution in [0.1, 0.15) is 27.6 Å². The van der Waals surface area contributed by atoms with E-state index in [0.29, 0.717) is 27.0 Å². The van der Waals surface area contributed by atoms with Crippen LogP contribution in [0.4, 0.5) is 5.13 Å². The first-order chi connectivity index (χ1) is 16.3. The van der Waals surface area contributed by atoms with E-state index in [1.165, 1.54) is 27.6 Å². The van der Waals surface area contributed by atoms with E-state index in [1.807, 2.05) is 37.4 Å². The van der Waals surface area contributed by atoms with Crippen molar-refractivity contribution in [1.29, 1.82) is 0 Å². The van der Waals surface area contributed by atoms with E-state index in [0.717, 1.165) is 20.7 Å². The molecule has 1 fully saturated rings. The van der Waals surface area contributed by atoms with Crippen molar-refractivity contribution in [3.63, 3.8) is 0 Å². The lowest BCUT2D eigenvalue weighted by Gasteiger charge is -2.21. The fraction of sp³-hybridized carbons (Fsp3) is 0.160. The number of hydrogen-bond donors (Lipinski definition) is 1. The van der Waals surface area contributed by atoms with Gasteiger partial charge in [-0.3, -0.25) is 14.5 Å². The molecule has 1 atom stereocenters. The van der Waals surface area contributed by atoms with E-state index in [-0.39, 0.29) is 11.3 Å². The normalized spacial score (nSPS) is 17.6. The van der Waals surface area contributed by atoms with Crippen molar-refractivity contribution in [3.05, 3.63) is 80.0 Å². The zero-order valence-corrected chi connectivity index (χ0v) is 20.8. The summed E-state index contributed by atoms with van der Waals surface area (Å²) >= 11 is 8.98. The third-order valence-electron chi connectivity index (χ3n) is 5.79. The minimum Gasteiger partial charge on any atom is -0.507 e. The molecule has 1 saturated heterocycles. The fourth-order valence-electron chi connectivity index (χ4n) is 4.07. The SMILES string of the molecule is COc1ccc(/C(O)=C2\C(=O)C(=O)N(c3nc4cc(Cl)c(C)cc4s3)C2c2cccs2)cc1C. The van der Waals surface area contributed by atoms with E-state index in [9.17, 15) is 14.7 Å². The van der Waals surface area contributed by atoms with Crippen LogP contribution >= 0.6 is 34.3 Å². The lowest BCUT2D eigenvalue weighted by Crippen LogP contribution is -2.28. The molecule has 0 spiro atoms. The average Bonchev–Trinajstić information content (AvgIpc) is 3.53. The summed E-state index contributed by atoms with van der Waals surface area (Å²) in [6.07, 6.45) is 0. The van der Waals surface area contributed by atoms with Crippen molar-refractivity contribution in [2.75, 3.05) is 12.0 Å². The van der Waals surface area contributed by atoms with Gasteiger partial charge in [-0.1, -0.05) is 29.0 Å². The molecule has 1 aliphatic rings. The summed E-state index contributed by atoms with van der Waals surface area (Å²) < 4.78 is 6.16. The quantitative estimate of drug-likeness (QED) is 0.199. The van der Waals surface area contributed by atoms with Gasteiger partial charge in [-0.2, -0.15) is 0 Å². The molecule has 1 aliphatic heterocycles. The number of ketones is 1. The van der Waals surface area contributed by atoms with Crippen LogP contribution in [0.5, 0.6) is 5.75 Å². The lowest BCUT2D eigenvalue weighted by molar-refractivity contribution is -0.132. The Hall–Kier alpha value is -3.20. The first kappa shape index (κ1) is 22.6. The average molecular weight is 511 g/mol. The molecular weight excluding hydrogens is 492 g/mol. The van der Waals surface area contributed by atoms with Crippen LogP contribution in [0, 0.1) is 13.8 Å². The summed E-state index contributed by atoms with van der Waals surface area (Å²) in [6, 6.07) is 11.7. The number of aromatic nitrogens is 1. The predicted octanol–water partition coefficient (Wildman–Crippen LogP) is 6.26. The second-order valence-corrected chi connectivity index (χ2v) is 10.3. The molecule has 9 heteroatoms. The minimum absolute atomic E-state index is 0.0329. The number of rotatable bonds is 4. The summed E-state index contributed by atoms with van der Waals surface area (Å²) in [4.78, 5) is 33.3. The van der Waals surface area contributed by atoms with Crippen LogP contribution in [0.2, 0.25) is 5.02 Å². The number of aryl methyl sites for hydroxylation is 2. The molecule has 6 nitrogen and oxygen atoms in total. The smallest absolute Gasteiger partial charge is 0.301 e. The first-order valence-corrected chi connectivity index (χ1v) is 12.4. The molecule has 0 saturated carbocycles. The van der Waals surface area contributed by atoms with Crippen molar-refractivity contribution in [3.8, 4) is 5.75 Å². The Balaban J connectivity index is 1.70. The van der Waals surface area contributed by atoms with Crippen LogP contribution in [0.15, 0.2) is 53.4 Å². The monoisotopic (exact) mass is 510 g/mol. The number of methoxy groups -OCH3 is 1. The Morgan fingerprint density at radius 3 is 2.62 bits per heavy atom. The number of halogens is 1. The maximum absolute atomic E-state index is 13.3. The highest BCUT2D eigenvalue weighted by Gasteiger charge is 2.48. The van der Waals surface area contributed by atoms with Crippen LogP contribution in [-0.4, -0.2) is 28.9 Å². The zero-order valence-electron chi connectivity index (χ0n) is 18.5. The summed E-state index contributed by atoms with van der Waals surface area (Å²) in [5, 5.41) is 14.1. The molecule has 0 aliphatic carbocycles. The predicted molar refractivity (Wildman–Crippen MR) is 136 cm³/mol. The second kappa shape index (κ2) is 8.54. The van der Waals surface area contributed by atoms with Crippen molar-refractivity contribution in [2.45, 2.75) is 19.9 Å². The van der Waals surface area contributed by atoms with Gasteiger partial charge in [0.2, 0.25) is 0 Å². The van der Waals surface area contributed by atoms with Crippen LogP contribution < -0.4 is 9.64 Å². The molecule has 172 valence electrons. The molecule has 1 amide bonds. The standard InChI is InChI=1S/C25H19ClN2O4S2/c1-12-10-19-16(11-15(12)26)27-25(34-19)28-21(18-5-4-8-33-18)20(23(30)24(28)31)22(29)14-6-7-17(32-3)13(2)9-14/h4-11,21,29H,1-3H3/b22-20+. The van der Waals surface area contributed by atoms with Crippen molar-refractivity contribution in [2.24, 2.45) is 0 Å². The number of fused-ring (bicyclic) bond motifs is 1. The molecule has 0 radical (unpaired) electrons. The molecule has 5 rings (SSSR count). The van der Waals surface area contributed by atoms with Gasteiger partial charge >= 0.3 is 5.91 Å². The van der Waals surface area contributed by atoms with Gasteiger partial charge in [0.05, 0.1) is 22.9 Å². The van der Waals surface area contributed by atoms with Crippen LogP contribution in [-0.2, 0) is 9.59 Å².